The standard InChI is InChI=1S/C29H43FN6O7/c1-14-6-18(9-19(30)7-14)10-21(32)25(38)34-24(28(41)36-13-20(37)11-22(36)26(39)33-5)17(4)43-29(42)23-8-15(2)12-35(23)27(40)16(3)31/h6-7,9,15-17,20-24,37H,8,10-13,31-32H2,1-5H3,(H,33,39)(H,34,38)/t15-,16-,17-,20+,21-,22-,23-,24-/m0/s1. The molecule has 43 heavy (non-hydrogen) atoms. The average molecular weight is 607 g/mol. The van der Waals surface area contributed by atoms with Gasteiger partial charge in [-0.25, -0.2) is 9.18 Å². The lowest BCUT2D eigenvalue weighted by Gasteiger charge is -2.32. The van der Waals surface area contributed by atoms with Crippen molar-refractivity contribution in [3.63, 3.8) is 0 Å². The summed E-state index contributed by atoms with van der Waals surface area (Å²) < 4.78 is 19.6. The average Bonchev–Trinajstić information content (AvgIpc) is 3.52. The van der Waals surface area contributed by atoms with Gasteiger partial charge in [-0.3, -0.25) is 19.2 Å². The van der Waals surface area contributed by atoms with Crippen LogP contribution in [0.1, 0.15) is 44.7 Å². The Balaban J connectivity index is 1.85. The van der Waals surface area contributed by atoms with E-state index in [9.17, 15) is 33.5 Å². The minimum Gasteiger partial charge on any atom is -0.458 e. The number of aliphatic hydroxyl groups is 1. The van der Waals surface area contributed by atoms with Crippen LogP contribution in [0.15, 0.2) is 18.2 Å². The van der Waals surface area contributed by atoms with Crippen LogP contribution in [0.2, 0.25) is 0 Å². The summed E-state index contributed by atoms with van der Waals surface area (Å²) in [5, 5.41) is 15.3. The Labute approximate surface area is 250 Å². The van der Waals surface area contributed by atoms with Gasteiger partial charge in [0.25, 0.3) is 0 Å². The third-order valence-electron chi connectivity index (χ3n) is 7.80. The maximum absolute atomic E-state index is 13.9. The number of β-amino-alcohol motifs (C(OH)–C–C–N with tert-alkyl or cyclic N) is 1. The number of nitrogens with one attached hydrogen (secondary N) is 2. The Kier molecular flexibility index (Phi) is 11.2. The number of likely N-dealkylation sites (tertiary alicyclic amines) is 2. The molecule has 0 aromatic heterocycles. The van der Waals surface area contributed by atoms with Gasteiger partial charge in [-0.05, 0) is 62.8 Å². The van der Waals surface area contributed by atoms with E-state index in [1.807, 2.05) is 6.92 Å². The number of esters is 1. The summed E-state index contributed by atoms with van der Waals surface area (Å²) in [6.07, 6.45) is -2.00. The molecule has 0 spiro atoms. The zero-order chi connectivity index (χ0) is 32.2. The smallest absolute Gasteiger partial charge is 0.329 e. The van der Waals surface area contributed by atoms with Gasteiger partial charge in [0.15, 0.2) is 0 Å². The molecule has 2 saturated heterocycles. The molecular weight excluding hydrogens is 563 g/mol. The number of ether oxygens (including phenoxy) is 1. The fourth-order valence-electron chi connectivity index (χ4n) is 5.67. The topological polar surface area (TPSA) is 197 Å². The first-order chi connectivity index (χ1) is 20.1. The SMILES string of the molecule is CNC(=O)[C@@H]1C[C@@H](O)CN1C(=O)[C@@H](NC(=O)[C@@H](N)Cc1cc(C)cc(F)c1)[C@H](C)OC(=O)[C@@H]1C[C@H](C)CN1C(=O)[C@H](C)N. The summed E-state index contributed by atoms with van der Waals surface area (Å²) in [6, 6.07) is -1.22. The fourth-order valence-corrected chi connectivity index (χ4v) is 5.67. The van der Waals surface area contributed by atoms with Gasteiger partial charge >= 0.3 is 5.97 Å². The molecule has 238 valence electrons. The predicted molar refractivity (Wildman–Crippen MR) is 153 cm³/mol. The van der Waals surface area contributed by atoms with Crippen molar-refractivity contribution in [1.82, 2.24) is 20.4 Å². The first kappa shape index (κ1) is 33.9. The molecule has 4 amide bonds. The maximum atomic E-state index is 13.9. The molecule has 2 heterocycles. The lowest BCUT2D eigenvalue weighted by atomic mass is 10.0. The summed E-state index contributed by atoms with van der Waals surface area (Å²) in [4.78, 5) is 68.1. The number of carbonyl (C=O) groups is 5. The summed E-state index contributed by atoms with van der Waals surface area (Å²) in [5.41, 5.74) is 13.0. The number of nitrogens with zero attached hydrogens (tertiary/aromatic N) is 2. The summed E-state index contributed by atoms with van der Waals surface area (Å²) in [6.45, 7) is 6.62. The number of carbonyl (C=O) groups excluding carboxylic acids is 5. The minimum atomic E-state index is -1.49. The number of aliphatic hydroxyl groups excluding tert-OH is 1. The van der Waals surface area contributed by atoms with Crippen LogP contribution < -0.4 is 22.1 Å². The monoisotopic (exact) mass is 606 g/mol. The maximum Gasteiger partial charge on any atom is 0.329 e. The van der Waals surface area contributed by atoms with Crippen molar-refractivity contribution in [2.75, 3.05) is 20.1 Å². The number of hydrogen-bond acceptors (Lipinski definition) is 9. The summed E-state index contributed by atoms with van der Waals surface area (Å²) in [7, 11) is 1.39. The van der Waals surface area contributed by atoms with E-state index in [1.165, 1.54) is 37.9 Å². The zero-order valence-corrected chi connectivity index (χ0v) is 25.2. The molecule has 0 saturated carbocycles. The number of halogens is 1. The van der Waals surface area contributed by atoms with Crippen LogP contribution in [0.5, 0.6) is 0 Å². The number of nitrogens with two attached hydrogens (primary N) is 2. The summed E-state index contributed by atoms with van der Waals surface area (Å²) in [5.74, 6) is -3.74. The molecule has 7 N–H and O–H groups in total. The van der Waals surface area contributed by atoms with Gasteiger partial charge in [0.2, 0.25) is 23.6 Å². The Bertz CT molecular complexity index is 1210. The molecule has 0 radical (unpaired) electrons. The predicted octanol–water partition coefficient (Wildman–Crippen LogP) is -1.29. The number of rotatable bonds is 10. The number of amides is 4. The molecule has 0 aliphatic carbocycles. The Hall–Kier alpha value is -3.62. The highest BCUT2D eigenvalue weighted by Crippen LogP contribution is 2.26. The van der Waals surface area contributed by atoms with E-state index in [2.05, 4.69) is 10.6 Å². The molecule has 2 aliphatic rings. The normalized spacial score (nSPS) is 24.6. The largest absolute Gasteiger partial charge is 0.458 e. The molecular formula is C29H43FN6O7. The molecule has 2 aliphatic heterocycles. The first-order valence-electron chi connectivity index (χ1n) is 14.4. The second kappa shape index (κ2) is 14.2. The second-order valence-corrected chi connectivity index (χ2v) is 11.7. The van der Waals surface area contributed by atoms with Crippen LogP contribution in [-0.2, 0) is 35.1 Å². The van der Waals surface area contributed by atoms with Crippen molar-refractivity contribution in [1.29, 1.82) is 0 Å². The van der Waals surface area contributed by atoms with E-state index in [0.29, 0.717) is 24.1 Å². The van der Waals surface area contributed by atoms with Crippen molar-refractivity contribution in [3.05, 3.63) is 35.1 Å². The van der Waals surface area contributed by atoms with Gasteiger partial charge in [-0.15, -0.1) is 0 Å². The Morgan fingerprint density at radius 1 is 1.05 bits per heavy atom. The molecule has 2 fully saturated rings. The third kappa shape index (κ3) is 8.27. The lowest BCUT2D eigenvalue weighted by molar-refractivity contribution is -0.162. The van der Waals surface area contributed by atoms with Crippen LogP contribution in [0.25, 0.3) is 0 Å². The first-order valence-corrected chi connectivity index (χ1v) is 14.4. The minimum absolute atomic E-state index is 0.00320. The van der Waals surface area contributed by atoms with Crippen LogP contribution in [-0.4, -0.2) is 107 Å². The highest BCUT2D eigenvalue weighted by Gasteiger charge is 2.45. The van der Waals surface area contributed by atoms with Gasteiger partial charge in [-0.1, -0.05) is 13.0 Å². The highest BCUT2D eigenvalue weighted by atomic mass is 19.1. The van der Waals surface area contributed by atoms with Gasteiger partial charge < -0.3 is 41.7 Å². The van der Waals surface area contributed by atoms with E-state index in [-0.39, 0.29) is 25.3 Å². The number of hydrogen-bond donors (Lipinski definition) is 5. The molecule has 0 bridgehead atoms. The van der Waals surface area contributed by atoms with Crippen molar-refractivity contribution in [3.8, 4) is 0 Å². The highest BCUT2D eigenvalue weighted by molar-refractivity contribution is 5.94. The van der Waals surface area contributed by atoms with Crippen LogP contribution >= 0.6 is 0 Å². The molecule has 3 rings (SSSR count). The van der Waals surface area contributed by atoms with E-state index < -0.39 is 77.8 Å². The van der Waals surface area contributed by atoms with Gasteiger partial charge in [0, 0.05) is 26.6 Å². The molecule has 0 unspecified atom stereocenters. The summed E-state index contributed by atoms with van der Waals surface area (Å²) >= 11 is 0. The number of benzene rings is 1. The van der Waals surface area contributed by atoms with Gasteiger partial charge in [-0.2, -0.15) is 0 Å². The number of aryl methyl sites for hydroxylation is 1. The van der Waals surface area contributed by atoms with Gasteiger partial charge in [0.1, 0.15) is 30.0 Å². The zero-order valence-electron chi connectivity index (χ0n) is 25.2. The Morgan fingerprint density at radius 3 is 2.30 bits per heavy atom. The Morgan fingerprint density at radius 2 is 1.70 bits per heavy atom. The van der Waals surface area contributed by atoms with E-state index in [4.69, 9.17) is 16.2 Å². The second-order valence-electron chi connectivity index (χ2n) is 11.7. The third-order valence-corrected chi connectivity index (χ3v) is 7.80. The van der Waals surface area contributed by atoms with E-state index >= 15 is 0 Å². The van der Waals surface area contributed by atoms with Crippen LogP contribution in [0, 0.1) is 18.7 Å². The van der Waals surface area contributed by atoms with E-state index in [0.717, 1.165) is 4.90 Å². The van der Waals surface area contributed by atoms with Crippen LogP contribution in [0.4, 0.5) is 4.39 Å². The van der Waals surface area contributed by atoms with Crippen molar-refractivity contribution in [2.45, 2.75) is 89.4 Å². The van der Waals surface area contributed by atoms with Crippen molar-refractivity contribution >= 4 is 29.6 Å². The molecule has 8 atom stereocenters. The fraction of sp³-hybridized carbons (Fsp3) is 0.621. The van der Waals surface area contributed by atoms with Crippen molar-refractivity contribution in [2.24, 2.45) is 17.4 Å². The molecule has 13 nitrogen and oxygen atoms in total. The van der Waals surface area contributed by atoms with Crippen LogP contribution in [0.3, 0.4) is 0 Å². The molecule has 1 aromatic carbocycles. The number of likely N-dealkylation sites (N-methyl/N-ethyl adjacent to an activating group) is 1. The molecule has 14 heteroatoms. The lowest BCUT2D eigenvalue weighted by Crippen LogP contribution is -2.60. The quantitative estimate of drug-likeness (QED) is 0.201. The van der Waals surface area contributed by atoms with Crippen molar-refractivity contribution < 1.29 is 38.2 Å². The molecule has 1 aromatic rings. The van der Waals surface area contributed by atoms with Gasteiger partial charge in [0.05, 0.1) is 18.2 Å². The van der Waals surface area contributed by atoms with E-state index in [1.54, 1.807) is 13.0 Å².